The Bertz CT molecular complexity index is 1190. The topological polar surface area (TPSA) is 96.6 Å². The Balaban J connectivity index is 1.60. The maximum Gasteiger partial charge on any atom is 0.274 e. The second-order valence-electron chi connectivity index (χ2n) is 8.74. The molecule has 4 rings (SSSR count). The van der Waals surface area contributed by atoms with Crippen molar-refractivity contribution >= 4 is 29.1 Å². The summed E-state index contributed by atoms with van der Waals surface area (Å²) < 4.78 is 12.1. The molecule has 0 radical (unpaired) electrons. The Morgan fingerprint density at radius 1 is 1.06 bits per heavy atom. The van der Waals surface area contributed by atoms with Crippen LogP contribution in [-0.2, 0) is 4.79 Å². The number of hydrogen-bond donors (Lipinski definition) is 2. The molecule has 1 aliphatic rings. The lowest BCUT2D eigenvalue weighted by molar-refractivity contribution is -0.116. The van der Waals surface area contributed by atoms with Crippen molar-refractivity contribution < 1.29 is 19.1 Å². The third-order valence-corrected chi connectivity index (χ3v) is 5.91. The molecule has 2 heterocycles. The van der Waals surface area contributed by atoms with Crippen LogP contribution in [0.3, 0.4) is 0 Å². The number of carbonyl (C=O) groups is 2. The average Bonchev–Trinajstić information content (AvgIpc) is 3.33. The molecule has 2 aromatic carbocycles. The molecule has 0 aliphatic carbocycles. The number of para-hydroxylation sites is 2. The molecule has 9 heteroatoms. The fourth-order valence-corrected chi connectivity index (χ4v) is 3.92. The van der Waals surface area contributed by atoms with E-state index in [0.29, 0.717) is 46.8 Å². The van der Waals surface area contributed by atoms with Gasteiger partial charge in [-0.15, -0.1) is 0 Å². The number of fused-ring (bicyclic) bond motifs is 2. The number of anilines is 1. The van der Waals surface area contributed by atoms with E-state index >= 15 is 0 Å². The molecule has 35 heavy (non-hydrogen) atoms. The van der Waals surface area contributed by atoms with Crippen molar-refractivity contribution in [3.05, 3.63) is 64.9 Å². The molecule has 0 saturated carbocycles. The number of benzene rings is 2. The monoisotopic (exact) mass is 496 g/mol. The number of ether oxygens (including phenoxy) is 2. The van der Waals surface area contributed by atoms with Gasteiger partial charge in [-0.2, -0.15) is 5.10 Å². The van der Waals surface area contributed by atoms with Crippen LogP contribution in [0, 0.1) is 0 Å². The highest BCUT2D eigenvalue weighted by Crippen LogP contribution is 2.36. The van der Waals surface area contributed by atoms with E-state index in [1.165, 1.54) is 4.90 Å². The van der Waals surface area contributed by atoms with Crippen LogP contribution >= 0.6 is 11.6 Å². The first-order valence-electron chi connectivity index (χ1n) is 11.7. The lowest BCUT2D eigenvalue weighted by atomic mass is 10.1. The molecule has 184 valence electrons. The van der Waals surface area contributed by atoms with E-state index in [9.17, 15) is 9.59 Å². The van der Waals surface area contributed by atoms with Gasteiger partial charge in [-0.05, 0) is 61.6 Å². The van der Waals surface area contributed by atoms with Crippen molar-refractivity contribution in [3.63, 3.8) is 0 Å². The first-order chi connectivity index (χ1) is 16.9. The van der Waals surface area contributed by atoms with E-state index in [2.05, 4.69) is 15.5 Å². The Morgan fingerprint density at radius 2 is 1.86 bits per heavy atom. The lowest BCUT2D eigenvalue weighted by Gasteiger charge is -2.21. The van der Waals surface area contributed by atoms with Gasteiger partial charge >= 0.3 is 0 Å². The fourth-order valence-electron chi connectivity index (χ4n) is 3.74. The third-order valence-electron chi connectivity index (χ3n) is 5.68. The summed E-state index contributed by atoms with van der Waals surface area (Å²) in [6.45, 7) is 4.85. The van der Waals surface area contributed by atoms with Gasteiger partial charge in [0.1, 0.15) is 12.2 Å². The first-order valence-corrected chi connectivity index (χ1v) is 12.1. The summed E-state index contributed by atoms with van der Waals surface area (Å²) in [5.74, 6) is 1.13. The van der Waals surface area contributed by atoms with Gasteiger partial charge in [0, 0.05) is 17.3 Å². The number of H-pyrrole nitrogens is 1. The average molecular weight is 497 g/mol. The molecule has 2 amide bonds. The molecule has 0 bridgehead atoms. The number of nitrogens with zero attached hydrogens (tertiary/aromatic N) is 2. The van der Waals surface area contributed by atoms with Crippen LogP contribution in [0.25, 0.3) is 0 Å². The molecule has 0 atom stereocenters. The maximum atomic E-state index is 13.2. The Labute approximate surface area is 209 Å². The van der Waals surface area contributed by atoms with Gasteiger partial charge in [-0.3, -0.25) is 14.7 Å². The SMILES string of the molecule is CC(C)c1cc(C(=O)N2CCCCCOc3ccccc3Oc3ccc(Cl)cc3NC(=O)C2)n[nH]1. The quantitative estimate of drug-likeness (QED) is 0.479. The second-order valence-corrected chi connectivity index (χ2v) is 9.17. The Kier molecular flexibility index (Phi) is 7.92. The molecule has 1 aliphatic heterocycles. The van der Waals surface area contributed by atoms with E-state index in [1.807, 2.05) is 38.1 Å². The third kappa shape index (κ3) is 6.33. The van der Waals surface area contributed by atoms with Crippen LogP contribution in [0.2, 0.25) is 5.02 Å². The highest BCUT2D eigenvalue weighted by atomic mass is 35.5. The molecule has 0 spiro atoms. The van der Waals surface area contributed by atoms with Crippen LogP contribution < -0.4 is 14.8 Å². The van der Waals surface area contributed by atoms with Crippen LogP contribution in [0.15, 0.2) is 48.5 Å². The smallest absolute Gasteiger partial charge is 0.274 e. The van der Waals surface area contributed by atoms with Gasteiger partial charge < -0.3 is 19.7 Å². The van der Waals surface area contributed by atoms with Crippen LogP contribution in [-0.4, -0.2) is 46.6 Å². The van der Waals surface area contributed by atoms with Crippen molar-refractivity contribution in [1.82, 2.24) is 15.1 Å². The van der Waals surface area contributed by atoms with E-state index in [0.717, 1.165) is 25.0 Å². The van der Waals surface area contributed by atoms with Gasteiger partial charge in [0.15, 0.2) is 17.2 Å². The predicted octanol–water partition coefficient (Wildman–Crippen LogP) is 5.62. The number of carbonyl (C=O) groups excluding carboxylic acids is 2. The summed E-state index contributed by atoms with van der Waals surface area (Å²) in [7, 11) is 0. The van der Waals surface area contributed by atoms with Crippen molar-refractivity contribution in [2.24, 2.45) is 0 Å². The molecule has 0 saturated heterocycles. The summed E-state index contributed by atoms with van der Waals surface area (Å²) in [6.07, 6.45) is 2.36. The van der Waals surface area contributed by atoms with E-state index in [4.69, 9.17) is 21.1 Å². The highest BCUT2D eigenvalue weighted by molar-refractivity contribution is 6.31. The number of hydrogen-bond acceptors (Lipinski definition) is 5. The predicted molar refractivity (Wildman–Crippen MR) is 135 cm³/mol. The van der Waals surface area contributed by atoms with Gasteiger partial charge in [-0.1, -0.05) is 37.6 Å². The van der Waals surface area contributed by atoms with Crippen molar-refractivity contribution in [3.8, 4) is 17.2 Å². The summed E-state index contributed by atoms with van der Waals surface area (Å²) >= 11 is 6.20. The lowest BCUT2D eigenvalue weighted by Crippen LogP contribution is -2.39. The number of nitrogens with one attached hydrogen (secondary N) is 2. The Morgan fingerprint density at radius 3 is 2.63 bits per heavy atom. The molecule has 2 N–H and O–H groups in total. The van der Waals surface area contributed by atoms with Crippen molar-refractivity contribution in [1.29, 1.82) is 0 Å². The molecular formula is C26H29ClN4O4. The molecule has 1 aromatic heterocycles. The largest absolute Gasteiger partial charge is 0.490 e. The van der Waals surface area contributed by atoms with Crippen molar-refractivity contribution in [2.45, 2.75) is 39.0 Å². The number of amides is 2. The summed E-state index contributed by atoms with van der Waals surface area (Å²) in [4.78, 5) is 27.8. The summed E-state index contributed by atoms with van der Waals surface area (Å²) in [5, 5.41) is 10.4. The number of halogens is 1. The van der Waals surface area contributed by atoms with E-state index in [1.54, 1.807) is 24.3 Å². The molecule has 0 fully saturated rings. The van der Waals surface area contributed by atoms with Crippen LogP contribution in [0.5, 0.6) is 17.2 Å². The van der Waals surface area contributed by atoms with Crippen LogP contribution in [0.1, 0.15) is 55.2 Å². The minimum absolute atomic E-state index is 0.123. The number of aromatic amines is 1. The van der Waals surface area contributed by atoms with E-state index < -0.39 is 0 Å². The standard InChI is InChI=1S/C26H29ClN4O4/c1-17(2)19-15-21(30-29-19)26(33)31-12-6-3-7-13-34-23-8-4-5-9-24(23)35-22-11-10-18(27)14-20(22)28-25(32)16-31/h4-5,8-11,14-15,17H,3,6-7,12-13,16H2,1-2H3,(H,28,32)(H,29,30). The zero-order chi connectivity index (χ0) is 24.8. The second kappa shape index (κ2) is 11.3. The van der Waals surface area contributed by atoms with Crippen LogP contribution in [0.4, 0.5) is 5.69 Å². The molecular weight excluding hydrogens is 468 g/mol. The fraction of sp³-hybridized carbons (Fsp3) is 0.346. The van der Waals surface area contributed by atoms with Gasteiger partial charge in [0.25, 0.3) is 5.91 Å². The molecule has 3 aromatic rings. The van der Waals surface area contributed by atoms with Gasteiger partial charge in [0.05, 0.1) is 12.3 Å². The number of rotatable bonds is 2. The highest BCUT2D eigenvalue weighted by Gasteiger charge is 2.23. The zero-order valence-electron chi connectivity index (χ0n) is 19.8. The number of aromatic nitrogens is 2. The minimum atomic E-state index is -0.357. The Hall–Kier alpha value is -3.52. The van der Waals surface area contributed by atoms with E-state index in [-0.39, 0.29) is 24.3 Å². The zero-order valence-corrected chi connectivity index (χ0v) is 20.6. The summed E-state index contributed by atoms with van der Waals surface area (Å²) in [5.41, 5.74) is 1.57. The molecule has 8 nitrogen and oxygen atoms in total. The normalized spacial score (nSPS) is 15.1. The van der Waals surface area contributed by atoms with Gasteiger partial charge in [0.2, 0.25) is 5.91 Å². The van der Waals surface area contributed by atoms with Crippen molar-refractivity contribution in [2.75, 3.05) is 25.0 Å². The first kappa shape index (κ1) is 24.6. The minimum Gasteiger partial charge on any atom is -0.490 e. The summed E-state index contributed by atoms with van der Waals surface area (Å²) in [6, 6.07) is 14.1. The maximum absolute atomic E-state index is 13.2. The molecule has 0 unspecified atom stereocenters. The van der Waals surface area contributed by atoms with Gasteiger partial charge in [-0.25, -0.2) is 0 Å².